The minimum absolute atomic E-state index is 0.0183. The zero-order valence-corrected chi connectivity index (χ0v) is 12.5. The van der Waals surface area contributed by atoms with Crippen LogP contribution in [0.2, 0.25) is 0 Å². The molecular weight excluding hydrogens is 315 g/mol. The summed E-state index contributed by atoms with van der Waals surface area (Å²) in [6.45, 7) is -0.285. The van der Waals surface area contributed by atoms with Crippen LogP contribution in [0.3, 0.4) is 0 Å². The molecule has 0 aliphatic heterocycles. The molecule has 0 saturated heterocycles. The Bertz CT molecular complexity index is 905. The van der Waals surface area contributed by atoms with E-state index in [0.29, 0.717) is 11.3 Å². The third-order valence-corrected chi connectivity index (χ3v) is 3.32. The summed E-state index contributed by atoms with van der Waals surface area (Å²) in [7, 11) is 0. The van der Waals surface area contributed by atoms with E-state index in [9.17, 15) is 14.0 Å². The first-order chi connectivity index (χ1) is 11.6. The van der Waals surface area contributed by atoms with Gasteiger partial charge in [-0.3, -0.25) is 14.3 Å². The molecule has 122 valence electrons. The molecule has 3 aromatic rings. The van der Waals surface area contributed by atoms with Gasteiger partial charge in [0.05, 0.1) is 0 Å². The predicted molar refractivity (Wildman–Crippen MR) is 82.2 cm³/mol. The number of hydrogen-bond donors (Lipinski definition) is 1. The smallest absolute Gasteiger partial charge is 0.350 e. The number of hydrogen-bond acceptors (Lipinski definition) is 5. The molecule has 1 amide bonds. The summed E-state index contributed by atoms with van der Waals surface area (Å²) in [6.07, 6.45) is 1.54. The molecule has 0 fully saturated rings. The third kappa shape index (κ3) is 3.37. The highest BCUT2D eigenvalue weighted by Crippen LogP contribution is 2.11. The molecular formula is C16H13FN4O3. The van der Waals surface area contributed by atoms with Gasteiger partial charge in [0, 0.05) is 18.3 Å². The van der Waals surface area contributed by atoms with Crippen molar-refractivity contribution in [1.82, 2.24) is 20.0 Å². The van der Waals surface area contributed by atoms with Crippen molar-refractivity contribution in [2.45, 2.75) is 13.1 Å². The maximum Gasteiger partial charge on any atom is 0.442 e. The second-order valence-electron chi connectivity index (χ2n) is 4.94. The van der Waals surface area contributed by atoms with Gasteiger partial charge in [-0.15, -0.1) is 0 Å². The minimum atomic E-state index is -0.767. The second-order valence-corrected chi connectivity index (χ2v) is 4.94. The first-order valence-electron chi connectivity index (χ1n) is 7.13. The van der Waals surface area contributed by atoms with Crippen LogP contribution in [0.1, 0.15) is 5.56 Å². The largest absolute Gasteiger partial charge is 0.442 e. The number of nitrogens with zero attached hydrogens (tertiary/aromatic N) is 3. The van der Waals surface area contributed by atoms with Crippen LogP contribution in [-0.4, -0.2) is 20.6 Å². The molecule has 0 aliphatic rings. The van der Waals surface area contributed by atoms with Crippen LogP contribution in [0.5, 0.6) is 0 Å². The molecule has 2 aromatic heterocycles. The summed E-state index contributed by atoms with van der Waals surface area (Å²) in [4.78, 5) is 27.9. The molecule has 0 saturated carbocycles. The molecule has 0 radical (unpaired) electrons. The lowest BCUT2D eigenvalue weighted by molar-refractivity contribution is -0.121. The van der Waals surface area contributed by atoms with Gasteiger partial charge in [0.25, 0.3) is 0 Å². The van der Waals surface area contributed by atoms with E-state index in [-0.39, 0.29) is 18.9 Å². The number of nitrogens with one attached hydrogen (secondary N) is 1. The number of benzene rings is 1. The van der Waals surface area contributed by atoms with Gasteiger partial charge in [-0.1, -0.05) is 29.4 Å². The van der Waals surface area contributed by atoms with E-state index in [4.69, 9.17) is 0 Å². The Labute approximate surface area is 135 Å². The molecule has 24 heavy (non-hydrogen) atoms. The topological polar surface area (TPSA) is 90.0 Å². The predicted octanol–water partition coefficient (Wildman–Crippen LogP) is 1.35. The number of rotatable bonds is 5. The summed E-state index contributed by atoms with van der Waals surface area (Å²) in [5, 5.41) is 6.20. The van der Waals surface area contributed by atoms with Crippen LogP contribution < -0.4 is 11.1 Å². The van der Waals surface area contributed by atoms with Crippen molar-refractivity contribution in [1.29, 1.82) is 0 Å². The molecule has 1 N–H and O–H groups in total. The molecule has 0 bridgehead atoms. The Kier molecular flexibility index (Phi) is 4.46. The van der Waals surface area contributed by atoms with Crippen LogP contribution in [-0.2, 0) is 17.9 Å². The average Bonchev–Trinajstić information content (AvgIpc) is 2.96. The molecule has 0 unspecified atom stereocenters. The maximum absolute atomic E-state index is 13.5. The monoisotopic (exact) mass is 328 g/mol. The van der Waals surface area contributed by atoms with Gasteiger partial charge < -0.3 is 5.32 Å². The Morgan fingerprint density at radius 2 is 2.00 bits per heavy atom. The zero-order chi connectivity index (χ0) is 16.9. The van der Waals surface area contributed by atoms with Gasteiger partial charge in [-0.25, -0.2) is 13.8 Å². The Morgan fingerprint density at radius 1 is 1.21 bits per heavy atom. The molecule has 2 heterocycles. The van der Waals surface area contributed by atoms with Gasteiger partial charge in [0.2, 0.25) is 11.7 Å². The summed E-state index contributed by atoms with van der Waals surface area (Å²) in [5.74, 6) is -1.49. The molecule has 0 spiro atoms. The number of amides is 1. The summed E-state index contributed by atoms with van der Waals surface area (Å²) >= 11 is 0. The molecule has 0 atom stereocenters. The summed E-state index contributed by atoms with van der Waals surface area (Å²) < 4.78 is 19.2. The normalized spacial score (nSPS) is 10.5. The quantitative estimate of drug-likeness (QED) is 0.763. The number of aromatic nitrogens is 3. The van der Waals surface area contributed by atoms with Gasteiger partial charge in [0.15, 0.2) is 0 Å². The fraction of sp³-hybridized carbons (Fsp3) is 0.125. The fourth-order valence-electron chi connectivity index (χ4n) is 2.12. The first-order valence-corrected chi connectivity index (χ1v) is 7.13. The SMILES string of the molecule is O=C(Cn1c(-c2ccccn2)noc1=O)NCc1ccccc1F. The van der Waals surface area contributed by atoms with Crippen LogP contribution in [0.25, 0.3) is 11.5 Å². The van der Waals surface area contributed by atoms with Gasteiger partial charge in [-0.2, -0.15) is 0 Å². The van der Waals surface area contributed by atoms with Gasteiger partial charge in [0.1, 0.15) is 18.1 Å². The van der Waals surface area contributed by atoms with Crippen molar-refractivity contribution in [2.75, 3.05) is 0 Å². The van der Waals surface area contributed by atoms with Crippen molar-refractivity contribution < 1.29 is 13.7 Å². The van der Waals surface area contributed by atoms with Gasteiger partial charge >= 0.3 is 5.76 Å². The van der Waals surface area contributed by atoms with Crippen molar-refractivity contribution in [3.05, 3.63) is 70.6 Å². The van der Waals surface area contributed by atoms with E-state index in [1.165, 1.54) is 12.3 Å². The van der Waals surface area contributed by atoms with Gasteiger partial charge in [-0.05, 0) is 18.2 Å². The number of halogens is 1. The van der Waals surface area contributed by atoms with Crippen LogP contribution in [0, 0.1) is 5.82 Å². The van der Waals surface area contributed by atoms with Crippen molar-refractivity contribution in [3.8, 4) is 11.5 Å². The highest BCUT2D eigenvalue weighted by molar-refractivity contribution is 5.76. The minimum Gasteiger partial charge on any atom is -0.350 e. The van der Waals surface area contributed by atoms with E-state index in [1.54, 1.807) is 36.4 Å². The van der Waals surface area contributed by atoms with Crippen LogP contribution in [0.4, 0.5) is 4.39 Å². The molecule has 8 heteroatoms. The zero-order valence-electron chi connectivity index (χ0n) is 12.5. The molecule has 0 aliphatic carbocycles. The summed E-state index contributed by atoms with van der Waals surface area (Å²) in [6, 6.07) is 11.2. The summed E-state index contributed by atoms with van der Waals surface area (Å²) in [5.41, 5.74) is 0.763. The lowest BCUT2D eigenvalue weighted by Crippen LogP contribution is -2.31. The van der Waals surface area contributed by atoms with Crippen LogP contribution >= 0.6 is 0 Å². The lowest BCUT2D eigenvalue weighted by atomic mass is 10.2. The Hall–Kier alpha value is -3.29. The third-order valence-electron chi connectivity index (χ3n) is 3.32. The Morgan fingerprint density at radius 3 is 2.75 bits per heavy atom. The Balaban J connectivity index is 1.72. The molecule has 3 rings (SSSR count). The number of carbonyl (C=O) groups is 1. The van der Waals surface area contributed by atoms with E-state index >= 15 is 0 Å². The average molecular weight is 328 g/mol. The van der Waals surface area contributed by atoms with E-state index in [0.717, 1.165) is 4.57 Å². The van der Waals surface area contributed by atoms with E-state index in [2.05, 4.69) is 20.0 Å². The first kappa shape index (κ1) is 15.6. The standard InChI is InChI=1S/C16H13FN4O3/c17-12-6-2-1-5-11(12)9-19-14(22)10-21-15(20-24-16(21)23)13-7-3-4-8-18-13/h1-8H,9-10H2,(H,19,22). The van der Waals surface area contributed by atoms with Crippen LogP contribution in [0.15, 0.2) is 58.0 Å². The van der Waals surface area contributed by atoms with Crippen molar-refractivity contribution >= 4 is 5.91 Å². The maximum atomic E-state index is 13.5. The van der Waals surface area contributed by atoms with Crippen molar-refractivity contribution in [2.24, 2.45) is 0 Å². The highest BCUT2D eigenvalue weighted by Gasteiger charge is 2.16. The fourth-order valence-corrected chi connectivity index (χ4v) is 2.12. The number of carbonyl (C=O) groups excluding carboxylic acids is 1. The van der Waals surface area contributed by atoms with E-state index < -0.39 is 17.5 Å². The lowest BCUT2D eigenvalue weighted by Gasteiger charge is -2.07. The molecule has 7 nitrogen and oxygen atoms in total. The second kappa shape index (κ2) is 6.86. The van der Waals surface area contributed by atoms with E-state index in [1.807, 2.05) is 0 Å². The number of pyridine rings is 1. The highest BCUT2D eigenvalue weighted by atomic mass is 19.1. The van der Waals surface area contributed by atoms with Crippen molar-refractivity contribution in [3.63, 3.8) is 0 Å². The molecule has 1 aromatic carbocycles.